The van der Waals surface area contributed by atoms with E-state index >= 15 is 0 Å². The number of halogens is 1. The number of thioether (sulfide) groups is 1. The molecule has 0 radical (unpaired) electrons. The lowest BCUT2D eigenvalue weighted by molar-refractivity contribution is -0.384. The van der Waals surface area contributed by atoms with Crippen molar-refractivity contribution in [3.05, 3.63) is 80.8 Å². The van der Waals surface area contributed by atoms with E-state index < -0.39 is 4.92 Å². The van der Waals surface area contributed by atoms with E-state index in [0.29, 0.717) is 23.1 Å². The van der Waals surface area contributed by atoms with E-state index in [1.54, 1.807) is 12.1 Å². The molecule has 2 aromatic carbocycles. The summed E-state index contributed by atoms with van der Waals surface area (Å²) in [4.78, 5) is 22.5. The maximum Gasteiger partial charge on any atom is 0.270 e. The summed E-state index contributed by atoms with van der Waals surface area (Å²) in [6.45, 7) is 6.40. The normalized spacial score (nSPS) is 10.9. The van der Waals surface area contributed by atoms with Crippen LogP contribution in [0.1, 0.15) is 12.5 Å². The van der Waals surface area contributed by atoms with E-state index in [9.17, 15) is 14.9 Å². The topological polar surface area (TPSA) is 115 Å². The summed E-state index contributed by atoms with van der Waals surface area (Å²) in [6, 6.07) is 13.7. The third-order valence-corrected chi connectivity index (χ3v) is 5.56. The zero-order chi connectivity index (χ0) is 23.1. The van der Waals surface area contributed by atoms with Crippen molar-refractivity contribution in [3.8, 4) is 11.4 Å². The predicted molar refractivity (Wildman–Crippen MR) is 128 cm³/mol. The van der Waals surface area contributed by atoms with Crippen LogP contribution in [-0.4, -0.2) is 37.6 Å². The van der Waals surface area contributed by atoms with Gasteiger partial charge in [0.2, 0.25) is 0 Å². The van der Waals surface area contributed by atoms with Crippen LogP contribution in [0.25, 0.3) is 11.4 Å². The summed E-state index contributed by atoms with van der Waals surface area (Å²) in [5, 5.41) is 23.8. The third kappa shape index (κ3) is 6.34. The summed E-state index contributed by atoms with van der Waals surface area (Å²) < 4.78 is 2.87. The first-order valence-electron chi connectivity index (χ1n) is 9.36. The average Bonchev–Trinajstić information content (AvgIpc) is 3.14. The van der Waals surface area contributed by atoms with Crippen molar-refractivity contribution >= 4 is 45.5 Å². The van der Waals surface area contributed by atoms with Crippen LogP contribution in [0.3, 0.4) is 0 Å². The Kier molecular flexibility index (Phi) is 7.90. The van der Waals surface area contributed by atoms with Gasteiger partial charge in [0.1, 0.15) is 0 Å². The largest absolute Gasteiger partial charge is 0.298 e. The number of aromatic nitrogens is 3. The number of amides is 1. The van der Waals surface area contributed by atoms with Gasteiger partial charge in [0.25, 0.3) is 11.6 Å². The van der Waals surface area contributed by atoms with Crippen LogP contribution in [0.5, 0.6) is 0 Å². The number of non-ortho nitro benzene ring substituents is 1. The highest BCUT2D eigenvalue weighted by atomic mass is 79.9. The Labute approximate surface area is 196 Å². The Hall–Kier alpha value is -3.31. The monoisotopic (exact) mass is 514 g/mol. The Morgan fingerprint density at radius 2 is 2.06 bits per heavy atom. The first-order valence-corrected chi connectivity index (χ1v) is 11.1. The van der Waals surface area contributed by atoms with Crippen molar-refractivity contribution in [2.45, 2.75) is 18.6 Å². The van der Waals surface area contributed by atoms with Gasteiger partial charge in [-0.15, -0.1) is 10.2 Å². The van der Waals surface area contributed by atoms with Gasteiger partial charge in [-0.25, -0.2) is 5.43 Å². The predicted octanol–water partition coefficient (Wildman–Crippen LogP) is 4.43. The average molecular weight is 515 g/mol. The van der Waals surface area contributed by atoms with Crippen molar-refractivity contribution in [1.82, 2.24) is 20.2 Å². The molecule has 0 aliphatic rings. The Morgan fingerprint density at radius 1 is 1.31 bits per heavy atom. The number of benzene rings is 2. The number of hydrogen-bond acceptors (Lipinski definition) is 7. The number of nitro benzene ring substituents is 1. The molecule has 0 bridgehead atoms. The van der Waals surface area contributed by atoms with Crippen molar-refractivity contribution in [1.29, 1.82) is 0 Å². The molecule has 0 spiro atoms. The van der Waals surface area contributed by atoms with Crippen LogP contribution in [-0.2, 0) is 11.3 Å². The summed E-state index contributed by atoms with van der Waals surface area (Å²) in [5.74, 6) is 0.417. The van der Waals surface area contributed by atoms with Crippen LogP contribution >= 0.6 is 27.7 Å². The van der Waals surface area contributed by atoms with E-state index in [1.807, 2.05) is 35.8 Å². The summed E-state index contributed by atoms with van der Waals surface area (Å²) in [6.07, 6.45) is 1.35. The first-order chi connectivity index (χ1) is 15.3. The minimum Gasteiger partial charge on any atom is -0.298 e. The molecular formula is C21H19BrN6O3S. The van der Waals surface area contributed by atoms with Gasteiger partial charge in [-0.1, -0.05) is 64.1 Å². The van der Waals surface area contributed by atoms with Gasteiger partial charge in [-0.2, -0.15) is 5.10 Å². The van der Waals surface area contributed by atoms with Crippen molar-refractivity contribution in [3.63, 3.8) is 0 Å². The quantitative estimate of drug-likeness (QED) is 0.148. The number of carbonyl (C=O) groups excluding carboxylic acids is 1. The number of nitrogens with one attached hydrogen (secondary N) is 1. The molecule has 0 unspecified atom stereocenters. The summed E-state index contributed by atoms with van der Waals surface area (Å²) in [7, 11) is 0. The molecule has 32 heavy (non-hydrogen) atoms. The number of nitrogens with zero attached hydrogens (tertiary/aromatic N) is 5. The van der Waals surface area contributed by atoms with Gasteiger partial charge in [-0.05, 0) is 19.1 Å². The number of rotatable bonds is 9. The molecule has 0 atom stereocenters. The molecule has 0 saturated heterocycles. The van der Waals surface area contributed by atoms with E-state index in [4.69, 9.17) is 0 Å². The molecule has 1 aromatic heterocycles. The first kappa shape index (κ1) is 23.4. The second-order valence-corrected chi connectivity index (χ2v) is 8.65. The number of carbonyl (C=O) groups is 1. The zero-order valence-electron chi connectivity index (χ0n) is 17.1. The Balaban J connectivity index is 1.65. The molecule has 1 heterocycles. The maximum atomic E-state index is 12.2. The lowest BCUT2D eigenvalue weighted by Gasteiger charge is -2.10. The molecule has 0 aliphatic heterocycles. The molecule has 11 heteroatoms. The number of nitro groups is 1. The van der Waals surface area contributed by atoms with Crippen LogP contribution in [0.4, 0.5) is 5.69 Å². The van der Waals surface area contributed by atoms with Crippen LogP contribution in [0, 0.1) is 10.1 Å². The van der Waals surface area contributed by atoms with E-state index in [2.05, 4.69) is 43.2 Å². The smallest absolute Gasteiger partial charge is 0.270 e. The minimum absolute atomic E-state index is 0.0470. The van der Waals surface area contributed by atoms with Crippen LogP contribution < -0.4 is 5.43 Å². The maximum absolute atomic E-state index is 12.2. The van der Waals surface area contributed by atoms with Crippen molar-refractivity contribution in [2.24, 2.45) is 5.10 Å². The molecule has 3 aromatic rings. The SMILES string of the molecule is C=C(C)Cn1c(SCC(=O)N/N=C\c2cccc([N+](=O)[O-])c2)nnc1-c1ccc(Br)cc1. The standard InChI is InChI=1S/C21H19BrN6O3S/c1-14(2)12-27-20(16-6-8-17(22)9-7-16)25-26-21(27)32-13-19(29)24-23-11-15-4-3-5-18(10-15)28(30)31/h3-11H,1,12-13H2,2H3,(H,24,29)/b23-11-. The van der Waals surface area contributed by atoms with Gasteiger partial charge in [0.05, 0.1) is 16.9 Å². The molecule has 164 valence electrons. The molecule has 0 saturated carbocycles. The van der Waals surface area contributed by atoms with Crippen LogP contribution in [0.2, 0.25) is 0 Å². The fraction of sp³-hybridized carbons (Fsp3) is 0.143. The minimum atomic E-state index is -0.490. The second-order valence-electron chi connectivity index (χ2n) is 6.79. The molecule has 9 nitrogen and oxygen atoms in total. The summed E-state index contributed by atoms with van der Waals surface area (Å²) in [5.41, 5.74) is 4.70. The van der Waals surface area contributed by atoms with E-state index in [0.717, 1.165) is 15.6 Å². The van der Waals surface area contributed by atoms with Crippen molar-refractivity contribution in [2.75, 3.05) is 5.75 Å². The van der Waals surface area contributed by atoms with Crippen LogP contribution in [0.15, 0.2) is 75.4 Å². The highest BCUT2D eigenvalue weighted by Crippen LogP contribution is 2.26. The van der Waals surface area contributed by atoms with E-state index in [-0.39, 0.29) is 17.3 Å². The van der Waals surface area contributed by atoms with Gasteiger partial charge in [-0.3, -0.25) is 19.5 Å². The molecule has 0 fully saturated rings. The fourth-order valence-corrected chi connectivity index (χ4v) is 3.67. The van der Waals surface area contributed by atoms with Crippen molar-refractivity contribution < 1.29 is 9.72 Å². The lowest BCUT2D eigenvalue weighted by Crippen LogP contribution is -2.20. The molecular weight excluding hydrogens is 496 g/mol. The highest BCUT2D eigenvalue weighted by Gasteiger charge is 2.16. The van der Waals surface area contributed by atoms with E-state index in [1.165, 1.54) is 30.1 Å². The Bertz CT molecular complexity index is 1180. The molecule has 0 aliphatic carbocycles. The lowest BCUT2D eigenvalue weighted by atomic mass is 10.2. The summed E-state index contributed by atoms with van der Waals surface area (Å²) >= 11 is 4.65. The number of hydrazone groups is 1. The molecule has 3 rings (SSSR count). The number of hydrogen-bond donors (Lipinski definition) is 1. The second kappa shape index (κ2) is 10.8. The van der Waals surface area contributed by atoms with Gasteiger partial charge in [0, 0.05) is 34.3 Å². The van der Waals surface area contributed by atoms with Gasteiger partial charge in [0.15, 0.2) is 11.0 Å². The number of allylic oxidation sites excluding steroid dienone is 1. The third-order valence-electron chi connectivity index (χ3n) is 4.06. The fourth-order valence-electron chi connectivity index (χ4n) is 2.68. The highest BCUT2D eigenvalue weighted by molar-refractivity contribution is 9.10. The van der Waals surface area contributed by atoms with Gasteiger partial charge >= 0.3 is 0 Å². The Morgan fingerprint density at radius 3 is 2.75 bits per heavy atom. The zero-order valence-corrected chi connectivity index (χ0v) is 19.5. The van der Waals surface area contributed by atoms with Gasteiger partial charge < -0.3 is 0 Å². The molecule has 1 N–H and O–H groups in total. The molecule has 1 amide bonds.